The Balaban J connectivity index is 2.75. The minimum atomic E-state index is -2.84. The monoisotopic (exact) mass is 1300 g/mol. The molecular formula is C58H93ClN12O19. The summed E-state index contributed by atoms with van der Waals surface area (Å²) in [7, 11) is 0. The van der Waals surface area contributed by atoms with Crippen LogP contribution in [0.5, 0.6) is 0 Å². The molecule has 506 valence electrons. The van der Waals surface area contributed by atoms with Crippen molar-refractivity contribution in [1.29, 1.82) is 0 Å². The number of ether oxygens (including phenoxy) is 1. The highest BCUT2D eigenvalue weighted by Gasteiger charge is 2.41. The van der Waals surface area contributed by atoms with Gasteiger partial charge in [-0.25, -0.2) is 9.59 Å². The Bertz CT molecular complexity index is 2580. The maximum atomic E-state index is 14.3. The van der Waals surface area contributed by atoms with Crippen molar-refractivity contribution in [2.45, 2.75) is 209 Å². The van der Waals surface area contributed by atoms with Crippen LogP contribution in [0.2, 0.25) is 0 Å². The lowest BCUT2D eigenvalue weighted by molar-refractivity contribution is -0.155. The van der Waals surface area contributed by atoms with Crippen LogP contribution in [0.1, 0.15) is 147 Å². The molecule has 0 saturated carbocycles. The van der Waals surface area contributed by atoms with E-state index in [1.807, 2.05) is 16.7 Å². The lowest BCUT2D eigenvalue weighted by atomic mass is 9.99. The number of aliphatic carboxylic acids is 2. The molecule has 31 nitrogen and oxygen atoms in total. The molecule has 1 aliphatic rings. The van der Waals surface area contributed by atoms with Gasteiger partial charge in [0, 0.05) is 0 Å². The molecule has 0 aliphatic carbocycles. The Morgan fingerprint density at radius 1 is 0.644 bits per heavy atom. The zero-order chi connectivity index (χ0) is 67.5. The molecule has 1 heterocycles. The number of carboxylic acid groups (broad SMARTS) is 2. The number of aliphatic hydroxyl groups excluding tert-OH is 4. The fraction of sp³-hybridized carbons (Fsp3) is 0.655. The molecule has 1 aromatic carbocycles. The zero-order valence-electron chi connectivity index (χ0n) is 51.2. The van der Waals surface area contributed by atoms with Crippen molar-refractivity contribution in [3.8, 4) is 0 Å². The average Bonchev–Trinajstić information content (AvgIpc) is 1.57. The molecule has 90 heavy (non-hydrogen) atoms. The summed E-state index contributed by atoms with van der Waals surface area (Å²) in [5.41, 5.74) is 17.7. The predicted molar refractivity (Wildman–Crippen MR) is 324 cm³/mol. The van der Waals surface area contributed by atoms with Gasteiger partial charge in [-0.2, -0.15) is 0 Å². The van der Waals surface area contributed by atoms with Crippen molar-refractivity contribution < 1.29 is 92.9 Å². The number of esters is 1. The number of hydrogen-bond acceptors (Lipinski definition) is 20. The molecule has 0 spiro atoms. The van der Waals surface area contributed by atoms with Gasteiger partial charge in [0.1, 0.15) is 54.6 Å². The number of aliphatic hydroxyl groups is 4. The number of nitrogens with one attached hydrogen (secondary N) is 9. The summed E-state index contributed by atoms with van der Waals surface area (Å²) >= 11 is 5.89. The van der Waals surface area contributed by atoms with Crippen LogP contribution in [0.4, 0.5) is 0 Å². The molecule has 12 atom stereocenters. The maximum Gasteiger partial charge on any atom is 0.335 e. The third-order valence-electron chi connectivity index (χ3n) is 14.4. The standard InChI is InChI=1S/C58H93ClN12O19/c1-4-6-7-8-9-10-11-12-13-14-18-33-19-17-20-34(27-33)41(73)29-43(75)63-40-31-90-58(89)46(42(74)30-59)70-56(86)47(48(78)57(87)88)71-49(79)35(5-2)64-55(85)45(32(3)72)69-52(82)38(23-26-62)66-50(80)36(21-15-16-24-60)65-53(83)39(28-44(76)77)68-51(81)37(22-25-61)67-54(40)84/h5,17,19-20,27,32,36-42,45-48,72-74,78H,4,6-16,18,21-26,28-31,60-62H2,1-3H3,(H,63,75)(H,64,85)(H,65,83)(H,66,80)(H,67,84)(H,68,81)(H,69,82)(H,70,86)(H,71,79)(H,76,77)(H,87,88)/b35-5-/t32-,36+,37+,38+,39+,40-,41+,42+,45-,46+,47-,48-/m0/s1. The molecule has 0 radical (unpaired) electrons. The number of carbonyl (C=O) groups excluding carboxylic acids is 10. The van der Waals surface area contributed by atoms with Gasteiger partial charge in [0.15, 0.2) is 12.1 Å². The molecule has 21 N–H and O–H groups in total. The number of benzene rings is 1. The first-order valence-corrected chi connectivity index (χ1v) is 30.8. The molecule has 32 heteroatoms. The molecule has 0 bridgehead atoms. The number of amides is 9. The highest BCUT2D eigenvalue weighted by Crippen LogP contribution is 2.21. The molecular weight excluding hydrogens is 1200 g/mol. The fourth-order valence-electron chi connectivity index (χ4n) is 9.29. The van der Waals surface area contributed by atoms with E-state index in [0.29, 0.717) is 12.0 Å². The summed E-state index contributed by atoms with van der Waals surface area (Å²) in [6.07, 6.45) is 2.23. The number of allylic oxidation sites excluding steroid dienone is 1. The van der Waals surface area contributed by atoms with Crippen LogP contribution >= 0.6 is 11.6 Å². The van der Waals surface area contributed by atoms with Crippen molar-refractivity contribution in [2.75, 3.05) is 32.1 Å². The average molecular weight is 1300 g/mol. The van der Waals surface area contributed by atoms with E-state index in [2.05, 4.69) is 44.1 Å². The maximum absolute atomic E-state index is 14.3. The van der Waals surface area contributed by atoms with E-state index < -0.39 is 181 Å². The normalized spacial score (nSPS) is 23.5. The zero-order valence-corrected chi connectivity index (χ0v) is 51.9. The Morgan fingerprint density at radius 3 is 1.71 bits per heavy atom. The minimum Gasteiger partial charge on any atom is -0.481 e. The molecule has 0 unspecified atom stereocenters. The second-order valence-corrected chi connectivity index (χ2v) is 22.1. The summed E-state index contributed by atoms with van der Waals surface area (Å²) in [5, 5.41) is 83.1. The molecule has 2 rings (SSSR count). The number of aryl methyl sites for hydroxylation is 1. The minimum absolute atomic E-state index is 0.118. The van der Waals surface area contributed by atoms with Crippen molar-refractivity contribution in [1.82, 2.24) is 47.9 Å². The Labute approximate surface area is 527 Å². The van der Waals surface area contributed by atoms with Gasteiger partial charge in [-0.3, -0.25) is 47.9 Å². The van der Waals surface area contributed by atoms with Crippen LogP contribution in [0, 0.1) is 0 Å². The largest absolute Gasteiger partial charge is 0.481 e. The first-order valence-electron chi connectivity index (χ1n) is 30.3. The summed E-state index contributed by atoms with van der Waals surface area (Å²) in [5.74, 6) is -17.9. The van der Waals surface area contributed by atoms with E-state index in [9.17, 15) is 88.2 Å². The number of alkyl halides is 1. The molecule has 1 fully saturated rings. The summed E-state index contributed by atoms with van der Waals surface area (Å²) < 4.78 is 5.33. The van der Waals surface area contributed by atoms with Crippen LogP contribution in [0.15, 0.2) is 36.0 Å². The number of hydrogen-bond donors (Lipinski definition) is 18. The lowest BCUT2D eigenvalue weighted by Crippen LogP contribution is -2.62. The number of carbonyl (C=O) groups is 12. The summed E-state index contributed by atoms with van der Waals surface area (Å²) in [4.78, 5) is 164. The third kappa shape index (κ3) is 28.2. The Morgan fingerprint density at radius 2 is 1.18 bits per heavy atom. The molecule has 0 aromatic heterocycles. The first-order chi connectivity index (χ1) is 42.8. The third-order valence-corrected chi connectivity index (χ3v) is 14.7. The van der Waals surface area contributed by atoms with E-state index in [-0.39, 0.29) is 45.3 Å². The van der Waals surface area contributed by atoms with Gasteiger partial charge in [-0.15, -0.1) is 11.6 Å². The van der Waals surface area contributed by atoms with Crippen LogP contribution in [0.3, 0.4) is 0 Å². The van der Waals surface area contributed by atoms with Gasteiger partial charge in [-0.05, 0) is 89.6 Å². The number of rotatable bonds is 30. The summed E-state index contributed by atoms with van der Waals surface area (Å²) in [6, 6.07) is -9.12. The number of carboxylic acids is 2. The number of unbranched alkanes of at least 4 members (excludes halogenated alkanes) is 10. The summed E-state index contributed by atoms with van der Waals surface area (Å²) in [6.45, 7) is 2.61. The van der Waals surface area contributed by atoms with Crippen LogP contribution in [-0.4, -0.2) is 200 Å². The second-order valence-electron chi connectivity index (χ2n) is 21.8. The molecule has 9 amide bonds. The first kappa shape index (κ1) is 78.7. The van der Waals surface area contributed by atoms with E-state index in [0.717, 1.165) is 50.7 Å². The quantitative estimate of drug-likeness (QED) is 0.0156. The van der Waals surface area contributed by atoms with Crippen molar-refractivity contribution in [3.05, 3.63) is 47.2 Å². The van der Waals surface area contributed by atoms with E-state index in [1.54, 1.807) is 18.2 Å². The van der Waals surface area contributed by atoms with Gasteiger partial charge in [0.25, 0.3) is 5.91 Å². The number of halogens is 1. The SMILES string of the molecule is C/C=C1\NC(=O)[C@H]([C@H](C)O)NC(=O)[C@@H](CCN)NC(=O)[C@@H](CCCCN)NC(=O)[C@@H](CC(=O)O)NC(=O)[C@@H](CCN)NC(=O)[C@@H](NC(=O)C[C@@H](O)c2cccc(CCCCCCCCCCCC)c2)COC(=O)[C@@H]([C@H](O)CCl)NC(=O)[C@H]([C@H](O)C(=O)O)NC1=O. The van der Waals surface area contributed by atoms with E-state index >= 15 is 0 Å². The van der Waals surface area contributed by atoms with Crippen molar-refractivity contribution >= 4 is 82.7 Å². The Kier molecular flexibility index (Phi) is 37.2. The topological polar surface area (TPSA) is 522 Å². The number of nitrogens with two attached hydrogens (primary N) is 3. The van der Waals surface area contributed by atoms with Gasteiger partial charge in [0.2, 0.25) is 47.3 Å². The highest BCUT2D eigenvalue weighted by molar-refractivity contribution is 6.18. The lowest BCUT2D eigenvalue weighted by Gasteiger charge is -2.28. The predicted octanol–water partition coefficient (Wildman–Crippen LogP) is -3.24. The highest BCUT2D eigenvalue weighted by atomic mass is 35.5. The van der Waals surface area contributed by atoms with Crippen LogP contribution in [0.25, 0.3) is 0 Å². The molecule has 1 saturated heterocycles. The van der Waals surface area contributed by atoms with Gasteiger partial charge in [-0.1, -0.05) is 95.1 Å². The van der Waals surface area contributed by atoms with Crippen LogP contribution < -0.4 is 65.1 Å². The van der Waals surface area contributed by atoms with Gasteiger partial charge >= 0.3 is 17.9 Å². The smallest absolute Gasteiger partial charge is 0.335 e. The molecule has 1 aromatic rings. The van der Waals surface area contributed by atoms with Gasteiger partial charge in [0.05, 0.1) is 37.0 Å². The fourth-order valence-corrected chi connectivity index (χ4v) is 9.46. The second kappa shape index (κ2) is 42.6. The van der Waals surface area contributed by atoms with E-state index in [4.69, 9.17) is 33.5 Å². The number of cyclic esters (lactones) is 1. The Hall–Kier alpha value is -7.39. The van der Waals surface area contributed by atoms with Crippen LogP contribution in [-0.2, 0) is 68.7 Å². The van der Waals surface area contributed by atoms with Crippen molar-refractivity contribution in [3.63, 3.8) is 0 Å². The van der Waals surface area contributed by atoms with Crippen molar-refractivity contribution in [2.24, 2.45) is 17.2 Å². The molecule has 1 aliphatic heterocycles. The van der Waals surface area contributed by atoms with E-state index in [1.165, 1.54) is 39.0 Å². The van der Waals surface area contributed by atoms with Gasteiger partial charge < -0.3 is 100 Å².